The molecule has 1 radical (unpaired) electrons. The number of rotatable bonds is 4. The lowest BCUT2D eigenvalue weighted by molar-refractivity contribution is 0.469. The smallest absolute Gasteiger partial charge is 0.116 e. The lowest BCUT2D eigenvalue weighted by Crippen LogP contribution is -2.09. The molecule has 0 saturated heterocycles. The molecule has 1 rings (SSSR count). The standard InChI is InChI=1S/C11H19N2/c1-5-10-7-12-13(8-9(3)4)11(10)6-2/h9H,5-6,8H2,1-4H3. The minimum Gasteiger partial charge on any atom is -0.268 e. The summed E-state index contributed by atoms with van der Waals surface area (Å²) in [6, 6.07) is 0. The third kappa shape index (κ3) is 2.33. The first kappa shape index (κ1) is 10.3. The Hall–Kier alpha value is -0.790. The fourth-order valence-electron chi connectivity index (χ4n) is 1.58. The van der Waals surface area contributed by atoms with Crippen LogP contribution in [0, 0.1) is 12.1 Å². The van der Waals surface area contributed by atoms with Crippen LogP contribution in [0.5, 0.6) is 0 Å². The second-order valence-corrected chi connectivity index (χ2v) is 3.82. The van der Waals surface area contributed by atoms with Gasteiger partial charge in [-0.1, -0.05) is 27.7 Å². The number of hydrogen-bond donors (Lipinski definition) is 0. The molecule has 2 heteroatoms. The summed E-state index contributed by atoms with van der Waals surface area (Å²) in [7, 11) is 0. The third-order valence-corrected chi connectivity index (χ3v) is 2.19. The van der Waals surface area contributed by atoms with E-state index in [4.69, 9.17) is 0 Å². The van der Waals surface area contributed by atoms with Crippen molar-refractivity contribution in [2.24, 2.45) is 5.92 Å². The topological polar surface area (TPSA) is 17.8 Å². The average molecular weight is 179 g/mol. The van der Waals surface area contributed by atoms with Crippen LogP contribution in [0.1, 0.15) is 39.0 Å². The van der Waals surface area contributed by atoms with Gasteiger partial charge in [-0.15, -0.1) is 0 Å². The summed E-state index contributed by atoms with van der Waals surface area (Å²) in [5.41, 5.74) is 2.64. The molecule has 1 aromatic heterocycles. The zero-order valence-electron chi connectivity index (χ0n) is 9.09. The molecule has 0 amide bonds. The van der Waals surface area contributed by atoms with E-state index in [0.717, 1.165) is 19.4 Å². The molecule has 0 aromatic carbocycles. The van der Waals surface area contributed by atoms with Gasteiger partial charge in [0.2, 0.25) is 0 Å². The first-order valence-electron chi connectivity index (χ1n) is 5.15. The van der Waals surface area contributed by atoms with Gasteiger partial charge < -0.3 is 0 Å². The highest BCUT2D eigenvalue weighted by Crippen LogP contribution is 2.11. The summed E-state index contributed by atoms with van der Waals surface area (Å²) in [6.07, 6.45) is 5.20. The van der Waals surface area contributed by atoms with E-state index in [2.05, 4.69) is 43.7 Å². The van der Waals surface area contributed by atoms with Gasteiger partial charge in [-0.05, 0) is 18.8 Å². The molecular weight excluding hydrogens is 160 g/mol. The molecule has 0 aliphatic carbocycles. The normalized spacial score (nSPS) is 11.2. The molecule has 0 N–H and O–H groups in total. The number of aromatic nitrogens is 2. The van der Waals surface area contributed by atoms with Gasteiger partial charge in [0.1, 0.15) is 6.20 Å². The summed E-state index contributed by atoms with van der Waals surface area (Å²) in [4.78, 5) is 0. The molecule has 0 aliphatic heterocycles. The fraction of sp³-hybridized carbons (Fsp3) is 0.727. The molecule has 13 heavy (non-hydrogen) atoms. The van der Waals surface area contributed by atoms with Crippen LogP contribution in [0.2, 0.25) is 0 Å². The van der Waals surface area contributed by atoms with Gasteiger partial charge in [0.05, 0.1) is 0 Å². The Morgan fingerprint density at radius 1 is 1.31 bits per heavy atom. The maximum absolute atomic E-state index is 4.29. The molecule has 1 aromatic rings. The number of aryl methyl sites for hydroxylation is 1. The summed E-state index contributed by atoms with van der Waals surface area (Å²) in [6.45, 7) is 9.78. The third-order valence-electron chi connectivity index (χ3n) is 2.19. The summed E-state index contributed by atoms with van der Waals surface area (Å²) in [5, 5.41) is 4.29. The van der Waals surface area contributed by atoms with Crippen molar-refractivity contribution in [2.75, 3.05) is 0 Å². The highest BCUT2D eigenvalue weighted by atomic mass is 15.3. The molecule has 2 nitrogen and oxygen atoms in total. The fourth-order valence-corrected chi connectivity index (χ4v) is 1.58. The zero-order valence-corrected chi connectivity index (χ0v) is 9.09. The molecule has 0 spiro atoms. The maximum Gasteiger partial charge on any atom is 0.116 e. The first-order valence-corrected chi connectivity index (χ1v) is 5.15. The molecule has 0 fully saturated rings. The van der Waals surface area contributed by atoms with Gasteiger partial charge in [-0.2, -0.15) is 5.10 Å². The predicted octanol–water partition coefficient (Wildman–Crippen LogP) is 2.46. The lowest BCUT2D eigenvalue weighted by Gasteiger charge is -2.09. The Morgan fingerprint density at radius 2 is 2.00 bits per heavy atom. The van der Waals surface area contributed by atoms with Crippen molar-refractivity contribution in [1.82, 2.24) is 9.78 Å². The van der Waals surface area contributed by atoms with Crippen molar-refractivity contribution in [1.29, 1.82) is 0 Å². The van der Waals surface area contributed by atoms with E-state index in [-0.39, 0.29) is 0 Å². The van der Waals surface area contributed by atoms with Gasteiger partial charge in [-0.25, -0.2) is 0 Å². The van der Waals surface area contributed by atoms with Gasteiger partial charge in [-0.3, -0.25) is 4.68 Å². The van der Waals surface area contributed by atoms with Crippen molar-refractivity contribution in [3.63, 3.8) is 0 Å². The number of hydrogen-bond acceptors (Lipinski definition) is 1. The minimum absolute atomic E-state index is 0.656. The van der Waals surface area contributed by atoms with Gasteiger partial charge in [0.15, 0.2) is 0 Å². The summed E-state index contributed by atoms with van der Waals surface area (Å²) in [5.74, 6) is 0.656. The molecule has 73 valence electrons. The van der Waals surface area contributed by atoms with Crippen LogP contribution in [-0.2, 0) is 19.4 Å². The van der Waals surface area contributed by atoms with Crippen LogP contribution in [-0.4, -0.2) is 9.78 Å². The van der Waals surface area contributed by atoms with Gasteiger partial charge in [0, 0.05) is 17.8 Å². The minimum atomic E-state index is 0.656. The van der Waals surface area contributed by atoms with E-state index < -0.39 is 0 Å². The van der Waals surface area contributed by atoms with Crippen LogP contribution in [0.25, 0.3) is 0 Å². The van der Waals surface area contributed by atoms with E-state index in [9.17, 15) is 0 Å². The maximum atomic E-state index is 4.29. The second kappa shape index (κ2) is 4.45. The van der Waals surface area contributed by atoms with E-state index in [1.165, 1.54) is 11.3 Å². The molecule has 0 atom stereocenters. The van der Waals surface area contributed by atoms with Crippen molar-refractivity contribution < 1.29 is 0 Å². The highest BCUT2D eigenvalue weighted by Gasteiger charge is 2.08. The SMILES string of the molecule is CCc1[c]nn(CC(C)C)c1CC. The first-order chi connectivity index (χ1) is 6.19. The van der Waals surface area contributed by atoms with E-state index in [1.807, 2.05) is 0 Å². The Labute approximate surface area is 81.0 Å². The van der Waals surface area contributed by atoms with Crippen LogP contribution in [0.4, 0.5) is 0 Å². The van der Waals surface area contributed by atoms with E-state index >= 15 is 0 Å². The highest BCUT2D eigenvalue weighted by molar-refractivity contribution is 5.16. The average Bonchev–Trinajstić information content (AvgIpc) is 2.45. The van der Waals surface area contributed by atoms with Crippen LogP contribution >= 0.6 is 0 Å². The number of nitrogens with zero attached hydrogens (tertiary/aromatic N) is 2. The van der Waals surface area contributed by atoms with Crippen molar-refractivity contribution in [3.05, 3.63) is 17.5 Å². The largest absolute Gasteiger partial charge is 0.268 e. The second-order valence-electron chi connectivity index (χ2n) is 3.82. The summed E-state index contributed by atoms with van der Waals surface area (Å²) >= 11 is 0. The van der Waals surface area contributed by atoms with E-state index in [1.54, 1.807) is 0 Å². The Morgan fingerprint density at radius 3 is 2.46 bits per heavy atom. The monoisotopic (exact) mass is 179 g/mol. The van der Waals surface area contributed by atoms with Gasteiger partial charge >= 0.3 is 0 Å². The Kier molecular flexibility index (Phi) is 3.52. The zero-order chi connectivity index (χ0) is 9.84. The van der Waals surface area contributed by atoms with Crippen molar-refractivity contribution in [3.8, 4) is 0 Å². The van der Waals surface area contributed by atoms with Crippen molar-refractivity contribution >= 4 is 0 Å². The predicted molar refractivity (Wildman–Crippen MR) is 54.7 cm³/mol. The Balaban J connectivity index is 2.87. The Bertz CT molecular complexity index is 261. The molecule has 0 saturated carbocycles. The molecule has 0 unspecified atom stereocenters. The molecule has 1 heterocycles. The quantitative estimate of drug-likeness (QED) is 0.694. The lowest BCUT2D eigenvalue weighted by atomic mass is 10.1. The van der Waals surface area contributed by atoms with Crippen LogP contribution in [0.3, 0.4) is 0 Å². The van der Waals surface area contributed by atoms with Crippen molar-refractivity contribution in [2.45, 2.75) is 47.1 Å². The molecule has 0 bridgehead atoms. The summed E-state index contributed by atoms with van der Waals surface area (Å²) < 4.78 is 2.10. The van der Waals surface area contributed by atoms with E-state index in [0.29, 0.717) is 5.92 Å². The molecule has 0 aliphatic rings. The van der Waals surface area contributed by atoms with Gasteiger partial charge in [0.25, 0.3) is 0 Å². The molecular formula is C11H19N2. The van der Waals surface area contributed by atoms with Crippen LogP contribution < -0.4 is 0 Å². The van der Waals surface area contributed by atoms with Crippen LogP contribution in [0.15, 0.2) is 0 Å².